The number of benzene rings is 1. The molecule has 4 heteroatoms. The molecule has 0 saturated heterocycles. The summed E-state index contributed by atoms with van der Waals surface area (Å²) in [4.78, 5) is 0.320. The van der Waals surface area contributed by atoms with Gasteiger partial charge in [-0.25, -0.2) is 8.42 Å². The van der Waals surface area contributed by atoms with Crippen molar-refractivity contribution >= 4 is 9.84 Å². The molecule has 0 heterocycles. The highest BCUT2D eigenvalue weighted by Gasteiger charge is 2.35. The van der Waals surface area contributed by atoms with Gasteiger partial charge in [-0.1, -0.05) is 31.0 Å². The summed E-state index contributed by atoms with van der Waals surface area (Å²) >= 11 is 0. The van der Waals surface area contributed by atoms with E-state index in [0.717, 1.165) is 12.8 Å². The van der Waals surface area contributed by atoms with Crippen LogP contribution < -0.4 is 0 Å². The van der Waals surface area contributed by atoms with E-state index in [4.69, 9.17) is 0 Å². The van der Waals surface area contributed by atoms with Crippen LogP contribution in [0.25, 0.3) is 0 Å². The Hall–Kier alpha value is -0.870. The lowest BCUT2D eigenvalue weighted by molar-refractivity contribution is 0.133. The van der Waals surface area contributed by atoms with E-state index in [1.165, 1.54) is 0 Å². The molecule has 0 aromatic heterocycles. The van der Waals surface area contributed by atoms with Gasteiger partial charge in [0.15, 0.2) is 9.84 Å². The second kappa shape index (κ2) is 4.55. The maximum Gasteiger partial charge on any atom is 0.183 e. The van der Waals surface area contributed by atoms with Crippen molar-refractivity contribution in [2.24, 2.45) is 0 Å². The lowest BCUT2D eigenvalue weighted by Gasteiger charge is -2.27. The van der Waals surface area contributed by atoms with Crippen molar-refractivity contribution in [2.75, 3.05) is 0 Å². The Morgan fingerprint density at radius 3 is 2.31 bits per heavy atom. The second-order valence-corrected chi connectivity index (χ2v) is 6.42. The Balaban J connectivity index is 2.32. The monoisotopic (exact) mass is 240 g/mol. The summed E-state index contributed by atoms with van der Waals surface area (Å²) in [6.45, 7) is 0. The first-order valence-electron chi connectivity index (χ1n) is 5.59. The van der Waals surface area contributed by atoms with Crippen LogP contribution in [-0.2, 0) is 9.84 Å². The average molecular weight is 240 g/mol. The zero-order valence-corrected chi connectivity index (χ0v) is 9.86. The Morgan fingerprint density at radius 2 is 1.69 bits per heavy atom. The molecular weight excluding hydrogens is 224 g/mol. The van der Waals surface area contributed by atoms with Crippen molar-refractivity contribution in [1.82, 2.24) is 0 Å². The molecule has 88 valence electrons. The van der Waals surface area contributed by atoms with E-state index in [1.54, 1.807) is 30.3 Å². The topological polar surface area (TPSA) is 54.4 Å². The van der Waals surface area contributed by atoms with Crippen LogP contribution >= 0.6 is 0 Å². The highest BCUT2D eigenvalue weighted by Crippen LogP contribution is 2.28. The van der Waals surface area contributed by atoms with Crippen LogP contribution in [0.4, 0.5) is 0 Å². The van der Waals surface area contributed by atoms with Gasteiger partial charge in [0, 0.05) is 0 Å². The molecule has 0 bridgehead atoms. The Bertz CT molecular complexity index is 439. The smallest absolute Gasteiger partial charge is 0.183 e. The molecular formula is C12H16O3S. The van der Waals surface area contributed by atoms with Gasteiger partial charge in [0.25, 0.3) is 0 Å². The van der Waals surface area contributed by atoms with Crippen molar-refractivity contribution in [1.29, 1.82) is 0 Å². The summed E-state index contributed by atoms with van der Waals surface area (Å²) in [5, 5.41) is 9.17. The molecule has 1 aliphatic carbocycles. The van der Waals surface area contributed by atoms with Gasteiger partial charge in [0.05, 0.1) is 16.2 Å². The van der Waals surface area contributed by atoms with Crippen LogP contribution in [0.3, 0.4) is 0 Å². The number of aliphatic hydroxyl groups is 1. The molecule has 1 aliphatic rings. The molecule has 0 radical (unpaired) electrons. The molecule has 1 saturated carbocycles. The summed E-state index contributed by atoms with van der Waals surface area (Å²) in [7, 11) is -3.36. The summed E-state index contributed by atoms with van der Waals surface area (Å²) in [6, 6.07) is 8.40. The molecule has 1 aromatic rings. The summed E-state index contributed by atoms with van der Waals surface area (Å²) in [5.41, 5.74) is 0. The van der Waals surface area contributed by atoms with Crippen LogP contribution in [-0.4, -0.2) is 24.9 Å². The highest BCUT2D eigenvalue weighted by atomic mass is 32.2. The maximum absolute atomic E-state index is 12.2. The standard InChI is InChI=1S/C12H16O3S/c13-11-8-4-5-9-12(11)16(14,15)10-6-2-1-3-7-10/h1-3,6-7,11-13H,4-5,8-9H2. The summed E-state index contributed by atoms with van der Waals surface area (Å²) in [6.07, 6.45) is 2.25. The van der Waals surface area contributed by atoms with E-state index < -0.39 is 21.2 Å². The van der Waals surface area contributed by atoms with Crippen LogP contribution in [0.5, 0.6) is 0 Å². The van der Waals surface area contributed by atoms with Crippen molar-refractivity contribution in [3.63, 3.8) is 0 Å². The van der Waals surface area contributed by atoms with Crippen LogP contribution in [0.1, 0.15) is 25.7 Å². The third kappa shape index (κ3) is 2.13. The molecule has 0 amide bonds. The molecule has 2 unspecified atom stereocenters. The Kier molecular flexibility index (Phi) is 3.30. The third-order valence-corrected chi connectivity index (χ3v) is 5.41. The molecule has 1 N–H and O–H groups in total. The maximum atomic E-state index is 12.2. The van der Waals surface area contributed by atoms with Crippen LogP contribution in [0.15, 0.2) is 35.2 Å². The minimum absolute atomic E-state index is 0.320. The van der Waals surface area contributed by atoms with Gasteiger partial charge in [0.1, 0.15) is 0 Å². The first-order valence-corrected chi connectivity index (χ1v) is 7.14. The zero-order chi connectivity index (χ0) is 11.6. The number of hydrogen-bond acceptors (Lipinski definition) is 3. The van der Waals surface area contributed by atoms with E-state index in [-0.39, 0.29) is 0 Å². The summed E-state index contributed by atoms with van der Waals surface area (Å²) in [5.74, 6) is 0. The Morgan fingerprint density at radius 1 is 1.06 bits per heavy atom. The van der Waals surface area contributed by atoms with Crippen molar-refractivity contribution in [2.45, 2.75) is 41.9 Å². The van der Waals surface area contributed by atoms with Gasteiger partial charge < -0.3 is 5.11 Å². The SMILES string of the molecule is O=S(=O)(c1ccccc1)C1CCCCC1O. The quantitative estimate of drug-likeness (QED) is 0.857. The van der Waals surface area contributed by atoms with Gasteiger partial charge in [0.2, 0.25) is 0 Å². The molecule has 1 fully saturated rings. The third-order valence-electron chi connectivity index (χ3n) is 3.14. The molecule has 0 aliphatic heterocycles. The number of hydrogen-bond donors (Lipinski definition) is 1. The van der Waals surface area contributed by atoms with Gasteiger partial charge in [-0.05, 0) is 25.0 Å². The zero-order valence-electron chi connectivity index (χ0n) is 9.04. The van der Waals surface area contributed by atoms with Crippen LogP contribution in [0.2, 0.25) is 0 Å². The molecule has 2 atom stereocenters. The number of sulfone groups is 1. The van der Waals surface area contributed by atoms with E-state index in [2.05, 4.69) is 0 Å². The first-order chi connectivity index (χ1) is 7.62. The summed E-state index contributed by atoms with van der Waals surface area (Å²) < 4.78 is 24.5. The lowest BCUT2D eigenvalue weighted by atomic mass is 9.97. The van der Waals surface area contributed by atoms with Gasteiger partial charge in [-0.2, -0.15) is 0 Å². The van der Waals surface area contributed by atoms with Gasteiger partial charge in [-0.3, -0.25) is 0 Å². The van der Waals surface area contributed by atoms with Gasteiger partial charge >= 0.3 is 0 Å². The molecule has 16 heavy (non-hydrogen) atoms. The highest BCUT2D eigenvalue weighted by molar-refractivity contribution is 7.92. The van der Waals surface area contributed by atoms with Crippen molar-refractivity contribution in [3.8, 4) is 0 Å². The number of rotatable bonds is 2. The average Bonchev–Trinajstić information content (AvgIpc) is 2.30. The molecule has 2 rings (SSSR count). The predicted molar refractivity (Wildman–Crippen MR) is 61.9 cm³/mol. The number of aliphatic hydroxyl groups excluding tert-OH is 1. The predicted octanol–water partition coefficient (Wildman–Crippen LogP) is 1.76. The van der Waals surface area contributed by atoms with E-state index >= 15 is 0 Å². The second-order valence-electron chi connectivity index (χ2n) is 4.25. The first kappa shape index (κ1) is 11.6. The fraction of sp³-hybridized carbons (Fsp3) is 0.500. The van der Waals surface area contributed by atoms with Crippen molar-refractivity contribution < 1.29 is 13.5 Å². The van der Waals surface area contributed by atoms with Crippen LogP contribution in [0, 0.1) is 0 Å². The molecule has 0 spiro atoms. The fourth-order valence-corrected chi connectivity index (χ4v) is 4.14. The largest absolute Gasteiger partial charge is 0.392 e. The van der Waals surface area contributed by atoms with E-state index in [9.17, 15) is 13.5 Å². The Labute approximate surface area is 96.0 Å². The molecule has 3 nitrogen and oxygen atoms in total. The normalized spacial score (nSPS) is 26.6. The fourth-order valence-electron chi connectivity index (χ4n) is 2.22. The van der Waals surface area contributed by atoms with Crippen molar-refractivity contribution in [3.05, 3.63) is 30.3 Å². The minimum Gasteiger partial charge on any atom is -0.392 e. The van der Waals surface area contributed by atoms with E-state index in [0.29, 0.717) is 17.7 Å². The molecule has 1 aromatic carbocycles. The lowest BCUT2D eigenvalue weighted by Crippen LogP contribution is -2.36. The minimum atomic E-state index is -3.36. The van der Waals surface area contributed by atoms with Gasteiger partial charge in [-0.15, -0.1) is 0 Å². The van der Waals surface area contributed by atoms with E-state index in [1.807, 2.05) is 0 Å².